The number of hydrogen-bond acceptors (Lipinski definition) is 2. The largest absolute Gasteiger partial charge is 0.466 e. The third kappa shape index (κ3) is 14.7. The highest BCUT2D eigenvalue weighted by Gasteiger charge is 1.88. The van der Waals surface area contributed by atoms with E-state index in [0.717, 1.165) is 25.7 Å². The normalized spacial score (nSPS) is 11.9. The highest BCUT2D eigenvalue weighted by atomic mass is 16.5. The summed E-state index contributed by atoms with van der Waals surface area (Å²) in [5, 5.41) is 0. The van der Waals surface area contributed by atoms with Gasteiger partial charge in [-0.1, -0.05) is 43.4 Å². The van der Waals surface area contributed by atoms with Gasteiger partial charge < -0.3 is 4.74 Å². The van der Waals surface area contributed by atoms with Crippen LogP contribution in [0, 0.1) is 0 Å². The number of allylic oxidation sites excluding steroid dienone is 5. The van der Waals surface area contributed by atoms with Crippen LogP contribution in [0.1, 0.15) is 52.4 Å². The van der Waals surface area contributed by atoms with Gasteiger partial charge in [0.2, 0.25) is 0 Å². The van der Waals surface area contributed by atoms with Gasteiger partial charge in [0.25, 0.3) is 0 Å². The predicted molar refractivity (Wildman–Crippen MR) is 77.4 cm³/mol. The zero-order valence-corrected chi connectivity index (χ0v) is 11.7. The molecular formula is C16H26O2. The van der Waals surface area contributed by atoms with Gasteiger partial charge in [0.15, 0.2) is 0 Å². The molecule has 0 aromatic rings. The lowest BCUT2D eigenvalue weighted by atomic mass is 10.1. The Morgan fingerprint density at radius 1 is 0.944 bits per heavy atom. The van der Waals surface area contributed by atoms with Crippen molar-refractivity contribution in [3.63, 3.8) is 0 Å². The average Bonchev–Trinajstić information content (AvgIpc) is 2.34. The summed E-state index contributed by atoms with van der Waals surface area (Å²) in [6, 6.07) is 0. The number of unbranched alkanes of at least 4 members (excludes halogenated alkanes) is 3. The molecule has 0 saturated carbocycles. The number of ether oxygens (including phenoxy) is 1. The molecule has 2 heteroatoms. The first kappa shape index (κ1) is 16.7. The molecule has 0 spiro atoms. The fourth-order valence-electron chi connectivity index (χ4n) is 1.42. The van der Waals surface area contributed by atoms with Gasteiger partial charge in [-0.3, -0.25) is 4.79 Å². The van der Waals surface area contributed by atoms with Crippen LogP contribution in [-0.2, 0) is 9.53 Å². The highest BCUT2D eigenvalue weighted by molar-refractivity contribution is 5.65. The molecule has 0 bridgehead atoms. The average molecular weight is 250 g/mol. The number of carbonyl (C=O) groups is 1. The van der Waals surface area contributed by atoms with Crippen LogP contribution in [0.3, 0.4) is 0 Å². The van der Waals surface area contributed by atoms with Crippen molar-refractivity contribution in [2.75, 3.05) is 6.61 Å². The molecule has 0 saturated heterocycles. The molecule has 0 atom stereocenters. The Hall–Kier alpha value is -1.31. The van der Waals surface area contributed by atoms with E-state index in [0.29, 0.717) is 6.61 Å². The van der Waals surface area contributed by atoms with Crippen LogP contribution in [0.5, 0.6) is 0 Å². The third-order valence-electron chi connectivity index (χ3n) is 2.37. The Balaban J connectivity index is 3.24. The molecule has 2 nitrogen and oxygen atoms in total. The van der Waals surface area contributed by atoms with Crippen molar-refractivity contribution < 1.29 is 9.53 Å². The van der Waals surface area contributed by atoms with Crippen LogP contribution in [-0.4, -0.2) is 12.6 Å². The van der Waals surface area contributed by atoms with E-state index >= 15 is 0 Å². The first-order valence-electron chi connectivity index (χ1n) is 6.87. The summed E-state index contributed by atoms with van der Waals surface area (Å²) in [6.07, 6.45) is 19.5. The Morgan fingerprint density at radius 3 is 2.22 bits per heavy atom. The minimum Gasteiger partial charge on any atom is -0.466 e. The van der Waals surface area contributed by atoms with E-state index in [2.05, 4.69) is 43.4 Å². The Bertz CT molecular complexity index is 275. The Labute approximate surface area is 111 Å². The lowest BCUT2D eigenvalue weighted by Crippen LogP contribution is -1.98. The minimum atomic E-state index is -0.202. The molecule has 0 heterocycles. The van der Waals surface area contributed by atoms with E-state index in [1.54, 1.807) is 0 Å². The summed E-state index contributed by atoms with van der Waals surface area (Å²) < 4.78 is 4.83. The molecule has 0 fully saturated rings. The predicted octanol–water partition coefficient (Wildman–Crippen LogP) is 4.58. The van der Waals surface area contributed by atoms with E-state index in [4.69, 9.17) is 4.74 Å². The van der Waals surface area contributed by atoms with Gasteiger partial charge in [-0.2, -0.15) is 0 Å². The van der Waals surface area contributed by atoms with Crippen molar-refractivity contribution >= 4 is 5.97 Å². The van der Waals surface area contributed by atoms with Crippen LogP contribution in [0.4, 0.5) is 0 Å². The first-order chi connectivity index (χ1) is 8.77. The van der Waals surface area contributed by atoms with Crippen LogP contribution < -0.4 is 0 Å². The van der Waals surface area contributed by atoms with Gasteiger partial charge >= 0.3 is 5.97 Å². The molecule has 0 aromatic carbocycles. The van der Waals surface area contributed by atoms with Crippen molar-refractivity contribution in [3.8, 4) is 0 Å². The quantitative estimate of drug-likeness (QED) is 0.245. The van der Waals surface area contributed by atoms with E-state index in [-0.39, 0.29) is 5.97 Å². The third-order valence-corrected chi connectivity index (χ3v) is 2.37. The second-order valence-electron chi connectivity index (χ2n) is 4.15. The van der Waals surface area contributed by atoms with Crippen molar-refractivity contribution in [1.29, 1.82) is 0 Å². The fraction of sp³-hybridized carbons (Fsp3) is 0.562. The van der Waals surface area contributed by atoms with E-state index in [1.807, 2.05) is 0 Å². The number of carbonyl (C=O) groups excluding carboxylic acids is 1. The number of esters is 1. The SMILES string of the molecule is CC/C=C/C=C/CCCC/C=C/CCOC(C)=O. The first-order valence-corrected chi connectivity index (χ1v) is 6.87. The second-order valence-corrected chi connectivity index (χ2v) is 4.15. The van der Waals surface area contributed by atoms with Crippen LogP contribution >= 0.6 is 0 Å². The lowest BCUT2D eigenvalue weighted by Gasteiger charge is -1.97. The van der Waals surface area contributed by atoms with Gasteiger partial charge in [-0.25, -0.2) is 0 Å². The van der Waals surface area contributed by atoms with Crippen molar-refractivity contribution in [2.45, 2.75) is 52.4 Å². The summed E-state index contributed by atoms with van der Waals surface area (Å²) in [5.74, 6) is -0.202. The molecule has 0 amide bonds. The fourth-order valence-corrected chi connectivity index (χ4v) is 1.42. The smallest absolute Gasteiger partial charge is 0.302 e. The molecule has 18 heavy (non-hydrogen) atoms. The van der Waals surface area contributed by atoms with Gasteiger partial charge in [0.1, 0.15) is 0 Å². The molecule has 0 aliphatic carbocycles. The van der Waals surface area contributed by atoms with E-state index in [9.17, 15) is 4.79 Å². The number of rotatable bonds is 10. The summed E-state index contributed by atoms with van der Waals surface area (Å²) in [7, 11) is 0. The molecule has 0 aromatic heterocycles. The van der Waals surface area contributed by atoms with E-state index in [1.165, 1.54) is 19.8 Å². The standard InChI is InChI=1S/C16H26O2/c1-3-4-5-6-7-8-9-10-11-12-13-14-15-18-16(2)17/h4-7,12-13H,3,8-11,14-15H2,1-2H3/b5-4+,7-6+,13-12+. The number of hydrogen-bond donors (Lipinski definition) is 0. The molecule has 0 aliphatic rings. The maximum atomic E-state index is 10.5. The monoisotopic (exact) mass is 250 g/mol. The zero-order valence-electron chi connectivity index (χ0n) is 11.7. The molecule has 102 valence electrons. The summed E-state index contributed by atoms with van der Waals surface area (Å²) >= 11 is 0. The van der Waals surface area contributed by atoms with Crippen molar-refractivity contribution in [1.82, 2.24) is 0 Å². The summed E-state index contributed by atoms with van der Waals surface area (Å²) in [5.41, 5.74) is 0. The van der Waals surface area contributed by atoms with Gasteiger partial charge in [0.05, 0.1) is 6.61 Å². The zero-order chi connectivity index (χ0) is 13.5. The molecule has 0 unspecified atom stereocenters. The van der Waals surface area contributed by atoms with Crippen LogP contribution in [0.2, 0.25) is 0 Å². The van der Waals surface area contributed by atoms with Gasteiger partial charge in [-0.15, -0.1) is 0 Å². The maximum Gasteiger partial charge on any atom is 0.302 e. The van der Waals surface area contributed by atoms with Gasteiger partial charge in [-0.05, 0) is 38.5 Å². The molecule has 0 radical (unpaired) electrons. The highest BCUT2D eigenvalue weighted by Crippen LogP contribution is 2.02. The second kappa shape index (κ2) is 13.8. The van der Waals surface area contributed by atoms with Crippen LogP contribution in [0.15, 0.2) is 36.5 Å². The van der Waals surface area contributed by atoms with Crippen LogP contribution in [0.25, 0.3) is 0 Å². The Morgan fingerprint density at radius 2 is 1.56 bits per heavy atom. The van der Waals surface area contributed by atoms with E-state index < -0.39 is 0 Å². The Kier molecular flexibility index (Phi) is 12.8. The molecule has 0 aliphatic heterocycles. The lowest BCUT2D eigenvalue weighted by molar-refractivity contribution is -0.140. The summed E-state index contributed by atoms with van der Waals surface area (Å²) in [6.45, 7) is 4.07. The molecular weight excluding hydrogens is 224 g/mol. The minimum absolute atomic E-state index is 0.202. The molecule has 0 N–H and O–H groups in total. The summed E-state index contributed by atoms with van der Waals surface area (Å²) in [4.78, 5) is 10.5. The molecule has 0 rings (SSSR count). The topological polar surface area (TPSA) is 26.3 Å². The van der Waals surface area contributed by atoms with Gasteiger partial charge in [0, 0.05) is 6.92 Å². The maximum absolute atomic E-state index is 10.5. The van der Waals surface area contributed by atoms with Crippen molar-refractivity contribution in [2.24, 2.45) is 0 Å². The van der Waals surface area contributed by atoms with Crippen molar-refractivity contribution in [3.05, 3.63) is 36.5 Å².